The highest BCUT2D eigenvalue weighted by molar-refractivity contribution is 7.90. The number of aryl methyl sites for hydroxylation is 2. The van der Waals surface area contributed by atoms with E-state index in [-0.39, 0.29) is 0 Å². The van der Waals surface area contributed by atoms with E-state index in [0.717, 1.165) is 29.1 Å². The van der Waals surface area contributed by atoms with Gasteiger partial charge in [-0.3, -0.25) is 9.48 Å². The highest BCUT2D eigenvalue weighted by Gasteiger charge is 2.30. The summed E-state index contributed by atoms with van der Waals surface area (Å²) in [5, 5.41) is 5.88. The van der Waals surface area contributed by atoms with Crippen LogP contribution in [-0.4, -0.2) is 28.7 Å². The van der Waals surface area contributed by atoms with Gasteiger partial charge in [-0.1, -0.05) is 11.6 Å². The molecule has 0 bridgehead atoms. The topological polar surface area (TPSA) is 86.0 Å². The van der Waals surface area contributed by atoms with E-state index in [0.29, 0.717) is 34.2 Å². The Hall–Kier alpha value is -3.57. The van der Waals surface area contributed by atoms with Crippen LogP contribution in [0.5, 0.6) is 0 Å². The van der Waals surface area contributed by atoms with E-state index in [4.69, 9.17) is 11.6 Å². The summed E-state index contributed by atoms with van der Waals surface area (Å²) in [4.78, 5) is 11.9. The monoisotopic (exact) mass is 522 g/mol. The SMILES string of the molecule is Cc1nn(C)c(-n2ccc3cc(Cl)ccc32)c1C=CC(=O)NS(=O)(=O)c1ccc(C(F)(F)F)cc1. The van der Waals surface area contributed by atoms with Crippen molar-refractivity contribution in [3.05, 3.63) is 82.6 Å². The number of rotatable bonds is 5. The maximum absolute atomic E-state index is 12.7. The summed E-state index contributed by atoms with van der Waals surface area (Å²) < 4.78 is 68.3. The number of nitrogens with zero attached hydrogens (tertiary/aromatic N) is 3. The molecule has 0 fully saturated rings. The van der Waals surface area contributed by atoms with Crippen molar-refractivity contribution in [3.63, 3.8) is 0 Å². The lowest BCUT2D eigenvalue weighted by atomic mass is 10.2. The van der Waals surface area contributed by atoms with Crippen molar-refractivity contribution < 1.29 is 26.4 Å². The van der Waals surface area contributed by atoms with Crippen molar-refractivity contribution in [2.75, 3.05) is 0 Å². The summed E-state index contributed by atoms with van der Waals surface area (Å²) in [6.07, 6.45) is -0.330. The summed E-state index contributed by atoms with van der Waals surface area (Å²) in [5.74, 6) is -0.335. The average molecular weight is 523 g/mol. The number of aromatic nitrogens is 3. The predicted molar refractivity (Wildman–Crippen MR) is 126 cm³/mol. The molecule has 0 spiro atoms. The van der Waals surface area contributed by atoms with Crippen LogP contribution in [0.3, 0.4) is 0 Å². The fourth-order valence-corrected chi connectivity index (χ4v) is 4.77. The zero-order chi connectivity index (χ0) is 25.5. The van der Waals surface area contributed by atoms with Gasteiger partial charge in [0.05, 0.1) is 21.7 Å². The minimum atomic E-state index is -4.61. The molecule has 0 aliphatic rings. The minimum absolute atomic E-state index is 0.469. The largest absolute Gasteiger partial charge is 0.416 e. The maximum atomic E-state index is 12.7. The van der Waals surface area contributed by atoms with Crippen LogP contribution in [0.25, 0.3) is 22.8 Å². The minimum Gasteiger partial charge on any atom is -0.301 e. The summed E-state index contributed by atoms with van der Waals surface area (Å²) in [6.45, 7) is 1.74. The molecule has 4 rings (SSSR count). The second-order valence-corrected chi connectivity index (χ2v) is 9.78. The summed E-state index contributed by atoms with van der Waals surface area (Å²) >= 11 is 6.07. The van der Waals surface area contributed by atoms with Gasteiger partial charge in [-0.15, -0.1) is 0 Å². The van der Waals surface area contributed by atoms with Crippen LogP contribution >= 0.6 is 11.6 Å². The van der Waals surface area contributed by atoms with Gasteiger partial charge in [-0.05, 0) is 61.5 Å². The Kier molecular flexibility index (Phi) is 6.24. The van der Waals surface area contributed by atoms with E-state index < -0.39 is 32.6 Å². The number of sulfonamides is 1. The second-order valence-electron chi connectivity index (χ2n) is 7.66. The standard InChI is InChI=1S/C23H18ClF3N4O3S/c1-14-19(22(30(2)28-14)31-12-11-15-13-17(24)5-9-20(15)31)8-10-21(32)29-35(33,34)18-6-3-16(4-7-18)23(25,26)27/h3-13H,1-2H3,(H,29,32). The van der Waals surface area contributed by atoms with Crippen LogP contribution in [0.2, 0.25) is 5.02 Å². The first kappa shape index (κ1) is 24.6. The van der Waals surface area contributed by atoms with Crippen LogP contribution in [0, 0.1) is 6.92 Å². The lowest BCUT2D eigenvalue weighted by molar-refractivity contribution is -0.137. The molecular weight excluding hydrogens is 505 g/mol. The van der Waals surface area contributed by atoms with Crippen LogP contribution in [0.4, 0.5) is 13.2 Å². The Bertz CT molecular complexity index is 1570. The lowest BCUT2D eigenvalue weighted by Gasteiger charge is -2.09. The van der Waals surface area contributed by atoms with Gasteiger partial charge in [0.25, 0.3) is 15.9 Å². The average Bonchev–Trinajstić information content (AvgIpc) is 3.30. The zero-order valence-electron chi connectivity index (χ0n) is 18.3. The van der Waals surface area contributed by atoms with Crippen molar-refractivity contribution in [1.29, 1.82) is 0 Å². The first-order chi connectivity index (χ1) is 16.4. The normalized spacial score (nSPS) is 12.5. The Morgan fingerprint density at radius 3 is 2.46 bits per heavy atom. The van der Waals surface area contributed by atoms with Crippen molar-refractivity contribution in [3.8, 4) is 5.82 Å². The van der Waals surface area contributed by atoms with E-state index in [1.54, 1.807) is 24.7 Å². The number of halogens is 4. The van der Waals surface area contributed by atoms with Gasteiger partial charge in [0, 0.05) is 35.3 Å². The van der Waals surface area contributed by atoms with Gasteiger partial charge in [-0.25, -0.2) is 13.1 Å². The number of carbonyl (C=O) groups is 1. The molecule has 0 saturated carbocycles. The first-order valence-corrected chi connectivity index (χ1v) is 12.0. The number of amides is 1. The first-order valence-electron chi connectivity index (χ1n) is 10.1. The molecular formula is C23H18ClF3N4O3S. The van der Waals surface area contributed by atoms with E-state index in [1.807, 2.05) is 33.7 Å². The molecule has 12 heteroatoms. The number of benzene rings is 2. The predicted octanol–water partition coefficient (Wildman–Crippen LogP) is 4.86. The Morgan fingerprint density at radius 1 is 1.11 bits per heavy atom. The second kappa shape index (κ2) is 8.90. The molecule has 7 nitrogen and oxygen atoms in total. The fraction of sp³-hybridized carbons (Fsp3) is 0.130. The third-order valence-electron chi connectivity index (χ3n) is 5.25. The van der Waals surface area contributed by atoms with Crippen molar-refractivity contribution in [1.82, 2.24) is 19.1 Å². The number of hydrogen-bond donors (Lipinski definition) is 1. The molecule has 0 aliphatic carbocycles. The van der Waals surface area contributed by atoms with Gasteiger partial charge in [0.2, 0.25) is 0 Å². The molecule has 2 aromatic carbocycles. The van der Waals surface area contributed by atoms with Crippen molar-refractivity contribution in [2.45, 2.75) is 18.0 Å². The van der Waals surface area contributed by atoms with Gasteiger partial charge in [0.1, 0.15) is 5.82 Å². The summed E-state index contributed by atoms with van der Waals surface area (Å²) in [6, 6.07) is 10.1. The highest BCUT2D eigenvalue weighted by Crippen LogP contribution is 2.30. The Morgan fingerprint density at radius 2 is 1.80 bits per heavy atom. The van der Waals surface area contributed by atoms with E-state index in [2.05, 4.69) is 5.10 Å². The molecule has 4 aromatic rings. The molecule has 182 valence electrons. The van der Waals surface area contributed by atoms with Crippen molar-refractivity contribution >= 4 is 44.5 Å². The molecule has 0 saturated heterocycles. The van der Waals surface area contributed by atoms with Gasteiger partial charge >= 0.3 is 6.18 Å². The van der Waals surface area contributed by atoms with Gasteiger partial charge in [-0.2, -0.15) is 18.3 Å². The molecule has 2 aromatic heterocycles. The number of nitrogens with one attached hydrogen (secondary N) is 1. The summed E-state index contributed by atoms with van der Waals surface area (Å²) in [7, 11) is -2.64. The van der Waals surface area contributed by atoms with Crippen LogP contribution in [0.1, 0.15) is 16.8 Å². The Labute approximate surface area is 203 Å². The van der Waals surface area contributed by atoms with Crippen LogP contribution < -0.4 is 4.72 Å². The van der Waals surface area contributed by atoms with E-state index >= 15 is 0 Å². The van der Waals surface area contributed by atoms with Crippen LogP contribution in [-0.2, 0) is 28.0 Å². The zero-order valence-corrected chi connectivity index (χ0v) is 19.9. The molecule has 0 aliphatic heterocycles. The fourth-order valence-electron chi connectivity index (χ4n) is 3.65. The van der Waals surface area contributed by atoms with Gasteiger partial charge < -0.3 is 4.57 Å². The van der Waals surface area contributed by atoms with Crippen LogP contribution in [0.15, 0.2) is 65.7 Å². The number of fused-ring (bicyclic) bond motifs is 1. The number of alkyl halides is 3. The quantitative estimate of drug-likeness (QED) is 0.379. The highest BCUT2D eigenvalue weighted by atomic mass is 35.5. The molecule has 2 heterocycles. The molecule has 0 atom stereocenters. The molecule has 1 amide bonds. The third-order valence-corrected chi connectivity index (χ3v) is 6.84. The van der Waals surface area contributed by atoms with Gasteiger partial charge in [0.15, 0.2) is 0 Å². The van der Waals surface area contributed by atoms with Crippen molar-refractivity contribution in [2.24, 2.45) is 7.05 Å². The van der Waals surface area contributed by atoms with E-state index in [1.165, 1.54) is 6.08 Å². The number of hydrogen-bond acceptors (Lipinski definition) is 4. The summed E-state index contributed by atoms with van der Waals surface area (Å²) in [5.41, 5.74) is 1.01. The molecule has 0 unspecified atom stereocenters. The molecule has 0 radical (unpaired) electrons. The number of carbonyl (C=O) groups excluding carboxylic acids is 1. The third kappa shape index (κ3) is 4.96. The molecule has 1 N–H and O–H groups in total. The smallest absolute Gasteiger partial charge is 0.301 e. The maximum Gasteiger partial charge on any atom is 0.416 e. The lowest BCUT2D eigenvalue weighted by Crippen LogP contribution is -2.29. The molecule has 35 heavy (non-hydrogen) atoms. The Balaban J connectivity index is 1.60. The van der Waals surface area contributed by atoms with E-state index in [9.17, 15) is 26.4 Å².